The van der Waals surface area contributed by atoms with Crippen LogP contribution in [0.3, 0.4) is 0 Å². The van der Waals surface area contributed by atoms with Crippen LogP contribution in [0, 0.1) is 5.92 Å². The van der Waals surface area contributed by atoms with E-state index in [4.69, 9.17) is 0 Å². The van der Waals surface area contributed by atoms with Gasteiger partial charge in [0.05, 0.1) is 6.04 Å². The van der Waals surface area contributed by atoms with E-state index in [1.807, 2.05) is 0 Å². The van der Waals surface area contributed by atoms with E-state index in [1.54, 1.807) is 5.57 Å². The van der Waals surface area contributed by atoms with Gasteiger partial charge in [-0.3, -0.25) is 0 Å². The van der Waals surface area contributed by atoms with Gasteiger partial charge in [-0.1, -0.05) is 13.8 Å². The molecule has 2 rings (SSSR count). The van der Waals surface area contributed by atoms with Crippen LogP contribution in [0.1, 0.15) is 33.6 Å². The van der Waals surface area contributed by atoms with Crippen LogP contribution in [0.25, 0.3) is 0 Å². The van der Waals surface area contributed by atoms with Gasteiger partial charge < -0.3 is 4.90 Å². The minimum Gasteiger partial charge on any atom is -0.367 e. The van der Waals surface area contributed by atoms with Crippen molar-refractivity contribution in [3.8, 4) is 0 Å². The van der Waals surface area contributed by atoms with Crippen LogP contribution in [-0.2, 0) is 0 Å². The van der Waals surface area contributed by atoms with E-state index in [-0.39, 0.29) is 0 Å². The Morgan fingerprint density at radius 3 is 2.55 bits per heavy atom. The maximum absolute atomic E-state index is 2.53. The van der Waals surface area contributed by atoms with E-state index >= 15 is 0 Å². The Kier molecular flexibility index (Phi) is 1.48. The highest BCUT2D eigenvalue weighted by Crippen LogP contribution is 2.46. The molecule has 0 aromatic rings. The SMILES string of the molecule is CCC1C(CC)N2C=C(C)C12. The molecule has 1 fully saturated rings. The molecular formula is C10H17N. The summed E-state index contributed by atoms with van der Waals surface area (Å²) in [5.74, 6) is 0.963. The first-order valence-corrected chi connectivity index (χ1v) is 4.75. The molecular weight excluding hydrogens is 134 g/mol. The fourth-order valence-electron chi connectivity index (χ4n) is 2.74. The molecule has 2 heterocycles. The Hall–Kier alpha value is -0.460. The molecule has 11 heavy (non-hydrogen) atoms. The summed E-state index contributed by atoms with van der Waals surface area (Å²) in [5, 5.41) is 0. The highest BCUT2D eigenvalue weighted by molar-refractivity contribution is 5.29. The number of hydrogen-bond acceptors (Lipinski definition) is 1. The summed E-state index contributed by atoms with van der Waals surface area (Å²) in [5.41, 5.74) is 1.60. The third-order valence-corrected chi connectivity index (χ3v) is 3.31. The van der Waals surface area contributed by atoms with Gasteiger partial charge in [-0.05, 0) is 25.3 Å². The van der Waals surface area contributed by atoms with Crippen molar-refractivity contribution in [2.24, 2.45) is 5.92 Å². The number of hydrogen-bond donors (Lipinski definition) is 0. The Balaban J connectivity index is 2.07. The first-order valence-electron chi connectivity index (χ1n) is 4.75. The maximum atomic E-state index is 2.53. The fraction of sp³-hybridized carbons (Fsp3) is 0.800. The van der Waals surface area contributed by atoms with E-state index in [0.29, 0.717) is 0 Å². The monoisotopic (exact) mass is 151 g/mol. The molecule has 1 nitrogen and oxygen atoms in total. The van der Waals surface area contributed by atoms with Crippen molar-refractivity contribution in [1.82, 2.24) is 4.90 Å². The quantitative estimate of drug-likeness (QED) is 0.585. The second-order valence-corrected chi connectivity index (χ2v) is 3.81. The van der Waals surface area contributed by atoms with Crippen molar-refractivity contribution in [3.63, 3.8) is 0 Å². The van der Waals surface area contributed by atoms with Crippen molar-refractivity contribution in [2.75, 3.05) is 0 Å². The topological polar surface area (TPSA) is 3.24 Å². The predicted octanol–water partition coefficient (Wildman–Crippen LogP) is 2.39. The lowest BCUT2D eigenvalue weighted by molar-refractivity contribution is -0.0280. The molecule has 0 spiro atoms. The normalized spacial score (nSPS) is 40.5. The van der Waals surface area contributed by atoms with Crippen LogP contribution in [0.2, 0.25) is 0 Å². The first-order chi connectivity index (χ1) is 5.29. The van der Waals surface area contributed by atoms with Gasteiger partial charge in [0, 0.05) is 18.2 Å². The number of nitrogens with zero attached hydrogens (tertiary/aromatic N) is 1. The molecule has 0 N–H and O–H groups in total. The van der Waals surface area contributed by atoms with Crippen LogP contribution >= 0.6 is 0 Å². The smallest absolute Gasteiger partial charge is 0.0561 e. The summed E-state index contributed by atoms with van der Waals surface area (Å²) < 4.78 is 0. The van der Waals surface area contributed by atoms with E-state index in [2.05, 4.69) is 31.9 Å². The summed E-state index contributed by atoms with van der Waals surface area (Å²) in [4.78, 5) is 2.53. The van der Waals surface area contributed by atoms with Gasteiger partial charge in [0.1, 0.15) is 0 Å². The summed E-state index contributed by atoms with van der Waals surface area (Å²) in [6.45, 7) is 6.87. The molecule has 1 saturated heterocycles. The minimum absolute atomic E-state index is 0.838. The molecule has 0 bridgehead atoms. The largest absolute Gasteiger partial charge is 0.367 e. The van der Waals surface area contributed by atoms with Crippen molar-refractivity contribution in [3.05, 3.63) is 11.8 Å². The molecule has 0 aromatic carbocycles. The van der Waals surface area contributed by atoms with E-state index in [9.17, 15) is 0 Å². The summed E-state index contributed by atoms with van der Waals surface area (Å²) in [7, 11) is 0. The zero-order valence-electron chi connectivity index (χ0n) is 7.67. The van der Waals surface area contributed by atoms with Crippen molar-refractivity contribution in [1.29, 1.82) is 0 Å². The van der Waals surface area contributed by atoms with E-state index in [0.717, 1.165) is 18.0 Å². The molecule has 2 aliphatic heterocycles. The van der Waals surface area contributed by atoms with Crippen molar-refractivity contribution in [2.45, 2.75) is 45.7 Å². The van der Waals surface area contributed by atoms with Crippen LogP contribution in [0.4, 0.5) is 0 Å². The second kappa shape index (κ2) is 2.26. The van der Waals surface area contributed by atoms with Crippen molar-refractivity contribution < 1.29 is 0 Å². The molecule has 62 valence electrons. The third-order valence-electron chi connectivity index (χ3n) is 3.31. The molecule has 0 radical (unpaired) electrons. The zero-order valence-corrected chi connectivity index (χ0v) is 7.67. The van der Waals surface area contributed by atoms with Gasteiger partial charge in [0.2, 0.25) is 0 Å². The number of fused-ring (bicyclic) bond motifs is 1. The summed E-state index contributed by atoms with van der Waals surface area (Å²) in [6, 6.07) is 1.71. The molecule has 3 atom stereocenters. The van der Waals surface area contributed by atoms with Crippen LogP contribution in [0.15, 0.2) is 11.8 Å². The van der Waals surface area contributed by atoms with Gasteiger partial charge in [-0.2, -0.15) is 0 Å². The average molecular weight is 151 g/mol. The van der Waals surface area contributed by atoms with E-state index < -0.39 is 0 Å². The molecule has 1 heteroatoms. The summed E-state index contributed by atoms with van der Waals surface area (Å²) in [6.07, 6.45) is 4.99. The second-order valence-electron chi connectivity index (χ2n) is 3.81. The highest BCUT2D eigenvalue weighted by Gasteiger charge is 2.49. The predicted molar refractivity (Wildman–Crippen MR) is 47.2 cm³/mol. The van der Waals surface area contributed by atoms with Gasteiger partial charge in [-0.25, -0.2) is 0 Å². The van der Waals surface area contributed by atoms with Crippen LogP contribution in [-0.4, -0.2) is 17.0 Å². The van der Waals surface area contributed by atoms with E-state index in [1.165, 1.54) is 12.8 Å². The Bertz CT molecular complexity index is 195. The summed E-state index contributed by atoms with van der Waals surface area (Å²) >= 11 is 0. The van der Waals surface area contributed by atoms with Crippen LogP contribution < -0.4 is 0 Å². The van der Waals surface area contributed by atoms with Gasteiger partial charge in [-0.15, -0.1) is 0 Å². The van der Waals surface area contributed by atoms with Gasteiger partial charge in [0.25, 0.3) is 0 Å². The lowest BCUT2D eigenvalue weighted by atomic mass is 9.70. The fourth-order valence-corrected chi connectivity index (χ4v) is 2.74. The van der Waals surface area contributed by atoms with Gasteiger partial charge in [0.15, 0.2) is 0 Å². The van der Waals surface area contributed by atoms with Crippen molar-refractivity contribution >= 4 is 0 Å². The average Bonchev–Trinajstić information content (AvgIpc) is 1.98. The molecule has 0 aliphatic carbocycles. The lowest BCUT2D eigenvalue weighted by Crippen LogP contribution is -2.66. The maximum Gasteiger partial charge on any atom is 0.0561 e. The molecule has 0 saturated carbocycles. The third kappa shape index (κ3) is 0.715. The Morgan fingerprint density at radius 2 is 2.09 bits per heavy atom. The highest BCUT2D eigenvalue weighted by atomic mass is 15.3. The van der Waals surface area contributed by atoms with Gasteiger partial charge >= 0.3 is 0 Å². The first kappa shape index (κ1) is 7.20. The van der Waals surface area contributed by atoms with Crippen LogP contribution in [0.5, 0.6) is 0 Å². The lowest BCUT2D eigenvalue weighted by Gasteiger charge is -2.61. The molecule has 0 amide bonds. The molecule has 3 unspecified atom stereocenters. The number of rotatable bonds is 2. The zero-order chi connectivity index (χ0) is 8.01. The molecule has 2 aliphatic rings. The Morgan fingerprint density at radius 1 is 1.36 bits per heavy atom. The minimum atomic E-state index is 0.838. The standard InChI is InChI=1S/C10H17N/c1-4-8-9(5-2)11-6-7(3)10(8)11/h6,8-10H,4-5H2,1-3H3. The Labute approximate surface area is 69.1 Å². The molecule has 0 aromatic heterocycles.